The van der Waals surface area contributed by atoms with E-state index in [9.17, 15) is 19.2 Å². The van der Waals surface area contributed by atoms with Crippen LogP contribution in [0.1, 0.15) is 104 Å². The number of carbonyl (C=O) groups is 4. The second kappa shape index (κ2) is 16.1. The molecular formula is C45H53N11O5. The number of piperidine rings is 3. The molecule has 4 aliphatic heterocycles. The number of benzene rings is 2. The van der Waals surface area contributed by atoms with Crippen LogP contribution in [-0.2, 0) is 9.59 Å². The number of urea groups is 1. The Hall–Kier alpha value is -6.03. The normalized spacial score (nSPS) is 24.5. The molecule has 2 aromatic carbocycles. The number of hydrogen-bond donors (Lipinski definition) is 3. The number of fused-ring (bicyclic) bond motifs is 3. The van der Waals surface area contributed by atoms with Gasteiger partial charge in [-0.3, -0.25) is 19.7 Å². The molecule has 5 fully saturated rings. The van der Waals surface area contributed by atoms with Crippen LogP contribution in [-0.4, -0.2) is 117 Å². The molecule has 1 aliphatic carbocycles. The van der Waals surface area contributed by atoms with Crippen molar-refractivity contribution < 1.29 is 23.7 Å². The van der Waals surface area contributed by atoms with Crippen LogP contribution in [0.5, 0.6) is 0 Å². The lowest BCUT2D eigenvalue weighted by molar-refractivity contribution is -0.134. The third-order valence-corrected chi connectivity index (χ3v) is 14.1. The molecule has 61 heavy (non-hydrogen) atoms. The maximum atomic E-state index is 12.7. The molecule has 5 aromatic rings. The van der Waals surface area contributed by atoms with Gasteiger partial charge in [0.25, 0.3) is 5.91 Å². The summed E-state index contributed by atoms with van der Waals surface area (Å²) in [4.78, 5) is 67.5. The largest absolute Gasteiger partial charge is 0.364 e. The number of primary amides is 1. The summed E-state index contributed by atoms with van der Waals surface area (Å²) in [5.41, 5.74) is 10.4. The number of nitrogens with zero attached hydrogens (tertiary/aromatic N) is 8. The third kappa shape index (κ3) is 7.44. The maximum absolute atomic E-state index is 12.7. The number of amides is 5. The van der Waals surface area contributed by atoms with Gasteiger partial charge in [0.15, 0.2) is 17.1 Å². The quantitative estimate of drug-likeness (QED) is 0.156. The van der Waals surface area contributed by atoms with Crippen molar-refractivity contribution >= 4 is 62.9 Å². The zero-order chi connectivity index (χ0) is 41.8. The molecule has 5 aliphatic rings. The first kappa shape index (κ1) is 39.1. The average Bonchev–Trinajstić information content (AvgIpc) is 4.00. The molecule has 4 saturated heterocycles. The minimum absolute atomic E-state index is 0.0714. The highest BCUT2D eigenvalue weighted by Gasteiger charge is 2.36. The summed E-state index contributed by atoms with van der Waals surface area (Å²) >= 11 is 0. The number of rotatable bonds is 9. The lowest BCUT2D eigenvalue weighted by Crippen LogP contribution is -2.49. The first-order valence-corrected chi connectivity index (χ1v) is 22.0. The number of likely N-dealkylation sites (tertiary alicyclic amines) is 1. The van der Waals surface area contributed by atoms with Gasteiger partial charge in [-0.15, -0.1) is 0 Å². The van der Waals surface area contributed by atoms with Crippen molar-refractivity contribution in [3.63, 3.8) is 0 Å². The second-order valence-corrected chi connectivity index (χ2v) is 17.6. The highest BCUT2D eigenvalue weighted by atomic mass is 16.5. The summed E-state index contributed by atoms with van der Waals surface area (Å²) in [7, 11) is 1.84. The topological polar surface area (TPSA) is 188 Å². The van der Waals surface area contributed by atoms with E-state index in [1.807, 2.05) is 30.1 Å². The molecule has 16 heteroatoms. The summed E-state index contributed by atoms with van der Waals surface area (Å²) < 4.78 is 8.07. The summed E-state index contributed by atoms with van der Waals surface area (Å²) in [5.74, 6) is -0.221. The number of aromatic nitrogens is 4. The molecule has 3 aromatic heterocycles. The van der Waals surface area contributed by atoms with E-state index in [1.54, 1.807) is 11.1 Å². The van der Waals surface area contributed by atoms with Gasteiger partial charge in [0.1, 0.15) is 11.5 Å². The van der Waals surface area contributed by atoms with Gasteiger partial charge in [0.05, 0.1) is 23.5 Å². The van der Waals surface area contributed by atoms with Crippen LogP contribution in [0.25, 0.3) is 21.9 Å². The van der Waals surface area contributed by atoms with Crippen molar-refractivity contribution in [2.24, 2.45) is 5.73 Å². The Kier molecular flexibility index (Phi) is 10.3. The Morgan fingerprint density at radius 1 is 0.869 bits per heavy atom. The molecule has 16 nitrogen and oxygen atoms in total. The summed E-state index contributed by atoms with van der Waals surface area (Å²) in [6, 6.07) is 15.8. The Balaban J connectivity index is 0.744. The Bertz CT molecular complexity index is 2480. The number of imide groups is 1. The predicted octanol–water partition coefficient (Wildman–Crippen LogP) is 5.63. The van der Waals surface area contributed by atoms with Gasteiger partial charge in [-0.1, -0.05) is 17.3 Å². The summed E-state index contributed by atoms with van der Waals surface area (Å²) in [6.07, 6.45) is 13.1. The zero-order valence-electron chi connectivity index (χ0n) is 34.6. The number of anilines is 3. The van der Waals surface area contributed by atoms with Crippen molar-refractivity contribution in [3.8, 4) is 0 Å². The monoisotopic (exact) mass is 827 g/mol. The first-order valence-electron chi connectivity index (χ1n) is 22.0. The lowest BCUT2D eigenvalue weighted by Gasteiger charge is -2.41. The molecule has 10 rings (SSSR count). The second-order valence-electron chi connectivity index (χ2n) is 17.6. The third-order valence-electron chi connectivity index (χ3n) is 14.1. The fraction of sp³-hybridized carbons (Fsp3) is 0.489. The SMILES string of the molecule is CN1CCN([C@@H]2CCCN(c3cnc(C(N)=O)c(Nc4ccc(C5CCN(C6CCC(n7ccc8c9c(C%10CCC(=O)NC%10=O)noc9ccc87)CC6)CC5)cc4)n3)C2)C1=O. The van der Waals surface area contributed by atoms with Crippen molar-refractivity contribution in [1.29, 1.82) is 0 Å². The minimum atomic E-state index is -0.644. The van der Waals surface area contributed by atoms with Crippen molar-refractivity contribution in [2.45, 2.75) is 94.2 Å². The van der Waals surface area contributed by atoms with Gasteiger partial charge in [0, 0.05) is 74.5 Å². The number of nitrogens with one attached hydrogen (secondary N) is 2. The van der Waals surface area contributed by atoms with Crippen LogP contribution >= 0.6 is 0 Å². The Morgan fingerprint density at radius 2 is 1.66 bits per heavy atom. The van der Waals surface area contributed by atoms with Gasteiger partial charge >= 0.3 is 6.03 Å². The molecular weight excluding hydrogens is 775 g/mol. The first-order chi connectivity index (χ1) is 29.7. The predicted molar refractivity (Wildman–Crippen MR) is 230 cm³/mol. The van der Waals surface area contributed by atoms with E-state index in [1.165, 1.54) is 5.56 Å². The van der Waals surface area contributed by atoms with E-state index in [-0.39, 0.29) is 29.6 Å². The zero-order valence-corrected chi connectivity index (χ0v) is 34.6. The van der Waals surface area contributed by atoms with Crippen LogP contribution in [0.15, 0.2) is 59.4 Å². The lowest BCUT2D eigenvalue weighted by atomic mass is 9.85. The van der Waals surface area contributed by atoms with Crippen molar-refractivity contribution in [1.82, 2.24) is 39.7 Å². The number of hydrogen-bond acceptors (Lipinski definition) is 11. The van der Waals surface area contributed by atoms with Crippen LogP contribution in [0.4, 0.5) is 22.1 Å². The van der Waals surface area contributed by atoms with Gasteiger partial charge in [0.2, 0.25) is 11.8 Å². The van der Waals surface area contributed by atoms with Gasteiger partial charge in [-0.2, -0.15) is 0 Å². The van der Waals surface area contributed by atoms with E-state index < -0.39 is 11.8 Å². The van der Waals surface area contributed by atoms with Gasteiger partial charge < -0.3 is 39.7 Å². The molecule has 7 heterocycles. The van der Waals surface area contributed by atoms with Crippen molar-refractivity contribution in [3.05, 3.63) is 71.8 Å². The van der Waals surface area contributed by atoms with E-state index in [2.05, 4.69) is 65.6 Å². The Labute approximate surface area is 353 Å². The van der Waals surface area contributed by atoms with Crippen LogP contribution in [0.3, 0.4) is 0 Å². The summed E-state index contributed by atoms with van der Waals surface area (Å²) in [5, 5.41) is 12.0. The molecule has 1 unspecified atom stereocenters. The van der Waals surface area contributed by atoms with Gasteiger partial charge in [-0.25, -0.2) is 14.8 Å². The standard InChI is InChI=1S/C45H53N11O5/c1-52-23-24-56(45(52)60)32-3-2-19-54(26-32)37-25-47-41(42(46)58)43(49-37)48-29-6-4-27(5-7-29)28-16-20-53(21-17-28)30-8-10-31(11-9-30)55-22-18-33-35(55)13-14-36-39(33)40(51-61-36)34-12-15-38(57)50-44(34)59/h4-7,13-14,18,22,25,28,30-32,34H,2-3,8-12,15-17,19-21,23-24,26H2,1H3,(H2,46,58)(H,48,49)(H,50,57,59)/t30?,31?,32-,34?/m1/s1. The van der Waals surface area contributed by atoms with Crippen LogP contribution in [0, 0.1) is 0 Å². The highest BCUT2D eigenvalue weighted by molar-refractivity contribution is 6.09. The fourth-order valence-corrected chi connectivity index (χ4v) is 10.7. The number of likely N-dealkylation sites (N-methyl/N-ethyl adjacent to an activating group) is 1. The Morgan fingerprint density at radius 3 is 2.39 bits per heavy atom. The van der Waals surface area contributed by atoms with E-state index >= 15 is 0 Å². The molecule has 0 bridgehead atoms. The molecule has 4 N–H and O–H groups in total. The highest BCUT2D eigenvalue weighted by Crippen LogP contribution is 2.40. The fourth-order valence-electron chi connectivity index (χ4n) is 10.7. The number of carbonyl (C=O) groups excluding carboxylic acids is 4. The average molecular weight is 828 g/mol. The van der Waals surface area contributed by atoms with Crippen molar-refractivity contribution in [2.75, 3.05) is 56.5 Å². The molecule has 0 radical (unpaired) electrons. The number of nitrogens with two attached hydrogens (primary N) is 1. The molecule has 5 amide bonds. The van der Waals surface area contributed by atoms with Gasteiger partial charge in [-0.05, 0) is 113 Å². The molecule has 2 atom stereocenters. The smallest absolute Gasteiger partial charge is 0.320 e. The van der Waals surface area contributed by atoms with E-state index in [4.69, 9.17) is 15.2 Å². The summed E-state index contributed by atoms with van der Waals surface area (Å²) in [6.45, 7) is 5.07. The van der Waals surface area contributed by atoms with E-state index in [0.29, 0.717) is 60.3 Å². The van der Waals surface area contributed by atoms with Crippen LogP contribution in [0.2, 0.25) is 0 Å². The molecule has 0 spiro atoms. The minimum Gasteiger partial charge on any atom is -0.364 e. The van der Waals surface area contributed by atoms with E-state index in [0.717, 1.165) is 106 Å². The molecule has 1 saturated carbocycles. The van der Waals surface area contributed by atoms with Crippen LogP contribution < -0.4 is 21.3 Å². The molecule has 318 valence electrons. The maximum Gasteiger partial charge on any atom is 0.320 e.